The molecule has 1 rings (SSSR count). The molecule has 0 aromatic carbocycles. The van der Waals surface area contributed by atoms with Gasteiger partial charge in [-0.3, -0.25) is 10.2 Å². The normalized spacial score (nSPS) is 31.1. The van der Waals surface area contributed by atoms with Gasteiger partial charge in [0, 0.05) is 13.0 Å². The highest BCUT2D eigenvalue weighted by Gasteiger charge is 2.42. The average Bonchev–Trinajstić information content (AvgIpc) is 2.55. The highest BCUT2D eigenvalue weighted by molar-refractivity contribution is 5.74. The van der Waals surface area contributed by atoms with E-state index in [1.165, 1.54) is 0 Å². The summed E-state index contributed by atoms with van der Waals surface area (Å²) in [4.78, 5) is 10.9. The van der Waals surface area contributed by atoms with E-state index in [1.807, 2.05) is 0 Å². The molecule has 1 aliphatic rings. The Labute approximate surface area is 136 Å². The lowest BCUT2D eigenvalue weighted by molar-refractivity contribution is -0.293. The molecule has 6 N–H and O–H groups in total. The summed E-state index contributed by atoms with van der Waals surface area (Å²) in [6, 6.07) is 0. The van der Waals surface area contributed by atoms with E-state index in [9.17, 15) is 20.1 Å². The summed E-state index contributed by atoms with van der Waals surface area (Å²) in [7, 11) is 0. The number of aliphatic hydroxyl groups excluding tert-OH is 3. The summed E-state index contributed by atoms with van der Waals surface area (Å²) in [6.07, 6.45) is 1.08. The summed E-state index contributed by atoms with van der Waals surface area (Å²) in [5.41, 5.74) is 2.11. The number of nitrogens with one attached hydrogen (secondary N) is 1. The molecule has 136 valence electrons. The molecule has 0 radical (unpaired) electrons. The second-order valence-corrected chi connectivity index (χ2v) is 5.99. The van der Waals surface area contributed by atoms with E-state index in [4.69, 9.17) is 15.3 Å². The number of aliphatic hydroxyl groups is 3. The highest BCUT2D eigenvalue weighted by Crippen LogP contribution is 2.22. The van der Waals surface area contributed by atoms with E-state index in [0.717, 1.165) is 38.5 Å². The summed E-state index contributed by atoms with van der Waals surface area (Å²) in [5, 5.41) is 29.0. The number of unbranched alkanes of at least 4 members (excludes halogenated alkanes) is 5. The van der Waals surface area contributed by atoms with Gasteiger partial charge >= 0.3 is 0 Å². The Morgan fingerprint density at radius 1 is 1.04 bits per heavy atom. The molecular weight excluding hydrogens is 304 g/mol. The Morgan fingerprint density at radius 3 is 2.30 bits per heavy atom. The first kappa shape index (κ1) is 20.3. The van der Waals surface area contributed by atoms with Crippen molar-refractivity contribution < 1.29 is 29.6 Å². The van der Waals surface area contributed by atoms with Crippen LogP contribution in [0, 0.1) is 0 Å². The number of carbonyl (C=O) groups excluding carboxylic acids is 1. The molecule has 1 aliphatic heterocycles. The smallest absolute Gasteiger partial charge is 0.233 e. The molecule has 1 saturated heterocycles. The summed E-state index contributed by atoms with van der Waals surface area (Å²) in [5.74, 6) is 4.86. The summed E-state index contributed by atoms with van der Waals surface area (Å²) in [6.45, 7) is 2.05. The zero-order chi connectivity index (χ0) is 17.2. The van der Waals surface area contributed by atoms with Crippen molar-refractivity contribution in [2.24, 2.45) is 5.84 Å². The van der Waals surface area contributed by atoms with Gasteiger partial charge in [0.1, 0.15) is 18.3 Å². The van der Waals surface area contributed by atoms with Crippen LogP contribution in [0.3, 0.4) is 0 Å². The molecule has 0 spiro atoms. The summed E-state index contributed by atoms with van der Waals surface area (Å²) < 4.78 is 10.8. The van der Waals surface area contributed by atoms with Crippen molar-refractivity contribution in [2.45, 2.75) is 82.6 Å². The van der Waals surface area contributed by atoms with Crippen molar-refractivity contribution in [3.63, 3.8) is 0 Å². The number of rotatable bonds is 10. The van der Waals surface area contributed by atoms with Gasteiger partial charge in [-0.2, -0.15) is 0 Å². The first-order chi connectivity index (χ1) is 11.0. The SMILES string of the molecule is C[C@H]1O[C@@H](OCCCCCCCCC(=O)NN)[C@H](O)[C@@H](O)[C@H]1O. The quantitative estimate of drug-likeness (QED) is 0.158. The maximum Gasteiger partial charge on any atom is 0.233 e. The highest BCUT2D eigenvalue weighted by atomic mass is 16.7. The van der Waals surface area contributed by atoms with Gasteiger partial charge in [0.2, 0.25) is 5.91 Å². The molecule has 23 heavy (non-hydrogen) atoms. The number of amides is 1. The molecule has 1 amide bonds. The average molecular weight is 334 g/mol. The fourth-order valence-corrected chi connectivity index (χ4v) is 2.52. The molecule has 0 saturated carbocycles. The molecule has 8 heteroatoms. The Hall–Kier alpha value is -0.770. The Kier molecular flexibility index (Phi) is 9.61. The molecule has 0 bridgehead atoms. The number of carbonyl (C=O) groups is 1. The van der Waals surface area contributed by atoms with Gasteiger partial charge in [-0.15, -0.1) is 0 Å². The van der Waals surface area contributed by atoms with E-state index in [-0.39, 0.29) is 5.91 Å². The van der Waals surface area contributed by atoms with Gasteiger partial charge in [-0.05, 0) is 19.8 Å². The third-order valence-electron chi connectivity index (χ3n) is 4.05. The van der Waals surface area contributed by atoms with Gasteiger partial charge in [-0.1, -0.05) is 25.7 Å². The van der Waals surface area contributed by atoms with Crippen LogP contribution in [0.1, 0.15) is 51.9 Å². The zero-order valence-corrected chi connectivity index (χ0v) is 13.7. The number of ether oxygens (including phenoxy) is 2. The van der Waals surface area contributed by atoms with Crippen LogP contribution in [0.2, 0.25) is 0 Å². The van der Waals surface area contributed by atoms with Gasteiger partial charge in [0.15, 0.2) is 6.29 Å². The standard InChI is InChI=1S/C15H30N2O6/c1-10-12(19)13(20)14(21)15(23-10)22-9-7-5-3-2-4-6-8-11(18)17-16/h10,12-15,19-21H,2-9,16H2,1H3,(H,17,18)/t10-,12+,13+,14-,15-/m1/s1. The van der Waals surface area contributed by atoms with E-state index in [1.54, 1.807) is 6.92 Å². The molecule has 8 nitrogen and oxygen atoms in total. The van der Waals surface area contributed by atoms with Gasteiger partial charge in [-0.25, -0.2) is 5.84 Å². The molecule has 0 unspecified atom stereocenters. The molecule has 0 aromatic rings. The van der Waals surface area contributed by atoms with Crippen LogP contribution < -0.4 is 11.3 Å². The fourth-order valence-electron chi connectivity index (χ4n) is 2.52. The fraction of sp³-hybridized carbons (Fsp3) is 0.933. The Balaban J connectivity index is 2.01. The molecular formula is C15H30N2O6. The Morgan fingerprint density at radius 2 is 1.65 bits per heavy atom. The van der Waals surface area contributed by atoms with Gasteiger partial charge in [0.05, 0.1) is 6.10 Å². The molecule has 1 fully saturated rings. The first-order valence-corrected chi connectivity index (χ1v) is 8.28. The van der Waals surface area contributed by atoms with Crippen LogP contribution in [0.25, 0.3) is 0 Å². The minimum atomic E-state index is -1.26. The van der Waals surface area contributed by atoms with Gasteiger partial charge in [0.25, 0.3) is 0 Å². The number of hydrazine groups is 1. The van der Waals surface area contributed by atoms with Crippen LogP contribution in [-0.4, -0.2) is 58.5 Å². The second kappa shape index (κ2) is 10.9. The minimum Gasteiger partial charge on any atom is -0.388 e. The maximum atomic E-state index is 10.9. The lowest BCUT2D eigenvalue weighted by Crippen LogP contribution is -2.57. The first-order valence-electron chi connectivity index (χ1n) is 8.28. The van der Waals surface area contributed by atoms with Crippen molar-refractivity contribution in [1.29, 1.82) is 0 Å². The number of nitrogens with two attached hydrogens (primary N) is 1. The molecule has 0 aromatic heterocycles. The lowest BCUT2D eigenvalue weighted by Gasteiger charge is -2.38. The van der Waals surface area contributed by atoms with Crippen LogP contribution in [-0.2, 0) is 14.3 Å². The maximum absolute atomic E-state index is 10.9. The van der Waals surface area contributed by atoms with Crippen molar-refractivity contribution in [1.82, 2.24) is 5.43 Å². The lowest BCUT2D eigenvalue weighted by atomic mass is 10.00. The van der Waals surface area contributed by atoms with Crippen molar-refractivity contribution >= 4 is 5.91 Å². The zero-order valence-electron chi connectivity index (χ0n) is 13.7. The third kappa shape index (κ3) is 7.11. The summed E-state index contributed by atoms with van der Waals surface area (Å²) >= 11 is 0. The number of hydrogen-bond donors (Lipinski definition) is 5. The van der Waals surface area contributed by atoms with Crippen LogP contribution in [0.5, 0.6) is 0 Å². The predicted octanol–water partition coefficient (Wildman–Crippen LogP) is -0.449. The molecule has 1 heterocycles. The van der Waals surface area contributed by atoms with Crippen LogP contribution in [0.4, 0.5) is 0 Å². The van der Waals surface area contributed by atoms with E-state index >= 15 is 0 Å². The minimum absolute atomic E-state index is 0.133. The van der Waals surface area contributed by atoms with Crippen LogP contribution in [0.15, 0.2) is 0 Å². The molecule has 5 atom stereocenters. The monoisotopic (exact) mass is 334 g/mol. The van der Waals surface area contributed by atoms with E-state index < -0.39 is 30.7 Å². The van der Waals surface area contributed by atoms with Crippen molar-refractivity contribution in [3.8, 4) is 0 Å². The predicted molar refractivity (Wildman–Crippen MR) is 83.0 cm³/mol. The van der Waals surface area contributed by atoms with E-state index in [0.29, 0.717) is 13.0 Å². The topological polar surface area (TPSA) is 134 Å². The van der Waals surface area contributed by atoms with Crippen LogP contribution >= 0.6 is 0 Å². The van der Waals surface area contributed by atoms with Crippen molar-refractivity contribution in [3.05, 3.63) is 0 Å². The van der Waals surface area contributed by atoms with Gasteiger partial charge < -0.3 is 24.8 Å². The van der Waals surface area contributed by atoms with Crippen molar-refractivity contribution in [2.75, 3.05) is 6.61 Å². The molecule has 0 aliphatic carbocycles. The largest absolute Gasteiger partial charge is 0.388 e. The van der Waals surface area contributed by atoms with E-state index in [2.05, 4.69) is 5.43 Å². The Bertz CT molecular complexity index is 344. The third-order valence-corrected chi connectivity index (χ3v) is 4.05. The second-order valence-electron chi connectivity index (χ2n) is 5.99. The number of hydrogen-bond acceptors (Lipinski definition) is 7.